The summed E-state index contributed by atoms with van der Waals surface area (Å²) < 4.78 is 2.16. The van der Waals surface area contributed by atoms with Crippen molar-refractivity contribution in [3.63, 3.8) is 0 Å². The van der Waals surface area contributed by atoms with Gasteiger partial charge in [0.25, 0.3) is 0 Å². The zero-order valence-corrected chi connectivity index (χ0v) is 15.4. The Bertz CT molecular complexity index is 1110. The normalized spacial score (nSPS) is 10.9. The van der Waals surface area contributed by atoms with E-state index in [2.05, 4.69) is 39.8 Å². The fourth-order valence-electron chi connectivity index (χ4n) is 2.81. The van der Waals surface area contributed by atoms with Crippen LogP contribution in [0.5, 0.6) is 0 Å². The molecule has 0 aliphatic carbocycles. The number of carbonyl (C=O) groups excluding carboxylic acids is 1. The van der Waals surface area contributed by atoms with Crippen LogP contribution in [0, 0.1) is 4.77 Å². The van der Waals surface area contributed by atoms with E-state index in [0.717, 1.165) is 15.8 Å². The van der Waals surface area contributed by atoms with E-state index >= 15 is 0 Å². The second kappa shape index (κ2) is 7.23. The average molecular weight is 380 g/mol. The number of H-pyrrole nitrogens is 1. The molecule has 0 aliphatic heterocycles. The quantitative estimate of drug-likeness (QED) is 0.512. The van der Waals surface area contributed by atoms with Gasteiger partial charge in [-0.25, -0.2) is 0 Å². The summed E-state index contributed by atoms with van der Waals surface area (Å²) in [6, 6.07) is 18.3. The number of hydrogen-bond acceptors (Lipinski definition) is 4. The number of benzene rings is 2. The molecule has 0 bridgehead atoms. The number of nitrogens with one attached hydrogen (secondary N) is 2. The minimum absolute atomic E-state index is 0.103. The number of aromatic nitrogens is 3. The van der Waals surface area contributed by atoms with E-state index in [9.17, 15) is 4.79 Å². The minimum Gasteiger partial charge on any atom is -0.350 e. The molecule has 0 radical (unpaired) electrons. The van der Waals surface area contributed by atoms with E-state index in [4.69, 9.17) is 12.2 Å². The third kappa shape index (κ3) is 3.44. The van der Waals surface area contributed by atoms with Gasteiger partial charge in [-0.1, -0.05) is 42.5 Å². The molecule has 0 saturated carbocycles. The Morgan fingerprint density at radius 1 is 1.15 bits per heavy atom. The highest BCUT2D eigenvalue weighted by atomic mass is 32.1. The van der Waals surface area contributed by atoms with Crippen LogP contribution < -0.4 is 5.32 Å². The van der Waals surface area contributed by atoms with Gasteiger partial charge in [0, 0.05) is 6.54 Å². The van der Waals surface area contributed by atoms with E-state index in [1.54, 1.807) is 15.9 Å². The average Bonchev–Trinajstić information content (AvgIpc) is 3.30. The predicted octanol–water partition coefficient (Wildman–Crippen LogP) is 4.14. The molecule has 2 aromatic heterocycles. The van der Waals surface area contributed by atoms with Crippen LogP contribution in [-0.2, 0) is 17.9 Å². The monoisotopic (exact) mass is 380 g/mol. The summed E-state index contributed by atoms with van der Waals surface area (Å²) >= 11 is 6.83. The third-order valence-corrected chi connectivity index (χ3v) is 5.28. The van der Waals surface area contributed by atoms with Crippen molar-refractivity contribution in [1.29, 1.82) is 0 Å². The van der Waals surface area contributed by atoms with Gasteiger partial charge in [0.15, 0.2) is 10.6 Å². The molecule has 0 aliphatic rings. The minimum atomic E-state index is -0.103. The van der Waals surface area contributed by atoms with Crippen molar-refractivity contribution in [2.75, 3.05) is 0 Å². The number of amides is 1. The van der Waals surface area contributed by atoms with E-state index < -0.39 is 0 Å². The van der Waals surface area contributed by atoms with Gasteiger partial charge < -0.3 is 5.32 Å². The molecular formula is C19H16N4OS2. The Hall–Kier alpha value is -2.77. The topological polar surface area (TPSA) is 62.7 Å². The van der Waals surface area contributed by atoms with Crippen LogP contribution in [-0.4, -0.2) is 20.7 Å². The number of thiophene rings is 1. The standard InChI is InChI=1S/C19H16N4OS2/c24-17(12-23-18(21-22-19(23)25)16-6-3-9-26-16)20-11-13-7-8-14-4-1-2-5-15(14)10-13/h1-10H,11-12H2,(H,20,24)(H,22,25). The molecule has 1 amide bonds. The smallest absolute Gasteiger partial charge is 0.240 e. The Labute approximate surface area is 159 Å². The van der Waals surface area contributed by atoms with Crippen LogP contribution in [0.1, 0.15) is 5.56 Å². The summed E-state index contributed by atoms with van der Waals surface area (Å²) in [6.07, 6.45) is 0. The molecule has 26 heavy (non-hydrogen) atoms. The SMILES string of the molecule is O=C(Cn1c(-c2cccs2)n[nH]c1=S)NCc1ccc2ccccc2c1. The molecule has 0 unspecified atom stereocenters. The summed E-state index contributed by atoms with van der Waals surface area (Å²) in [5.74, 6) is 0.583. The van der Waals surface area contributed by atoms with E-state index in [0.29, 0.717) is 17.1 Å². The van der Waals surface area contributed by atoms with Crippen LogP contribution in [0.25, 0.3) is 21.5 Å². The molecule has 2 heterocycles. The molecule has 2 N–H and O–H groups in total. The van der Waals surface area contributed by atoms with Gasteiger partial charge in [0.1, 0.15) is 6.54 Å². The zero-order chi connectivity index (χ0) is 17.9. The first-order valence-corrected chi connectivity index (χ1v) is 9.43. The first-order chi connectivity index (χ1) is 12.7. The number of aromatic amines is 1. The number of rotatable bonds is 5. The fraction of sp³-hybridized carbons (Fsp3) is 0.105. The van der Waals surface area contributed by atoms with Gasteiger partial charge >= 0.3 is 0 Å². The molecule has 4 rings (SSSR count). The summed E-state index contributed by atoms with van der Waals surface area (Å²) in [5.41, 5.74) is 1.06. The summed E-state index contributed by atoms with van der Waals surface area (Å²) in [6.45, 7) is 0.610. The van der Waals surface area contributed by atoms with Gasteiger partial charge in [-0.2, -0.15) is 5.10 Å². The molecule has 2 aromatic carbocycles. The largest absolute Gasteiger partial charge is 0.350 e. The van der Waals surface area contributed by atoms with E-state index in [1.807, 2.05) is 35.7 Å². The second-order valence-corrected chi connectivity index (χ2v) is 7.21. The highest BCUT2D eigenvalue weighted by Gasteiger charge is 2.13. The number of nitrogens with zero attached hydrogens (tertiary/aromatic N) is 2. The maximum absolute atomic E-state index is 12.4. The third-order valence-electron chi connectivity index (χ3n) is 4.11. The molecule has 5 nitrogen and oxygen atoms in total. The molecule has 0 spiro atoms. The molecule has 7 heteroatoms. The molecule has 0 fully saturated rings. The summed E-state index contributed by atoms with van der Waals surface area (Å²) in [5, 5.41) is 14.3. The molecule has 4 aromatic rings. The lowest BCUT2D eigenvalue weighted by molar-refractivity contribution is -0.121. The highest BCUT2D eigenvalue weighted by molar-refractivity contribution is 7.71. The van der Waals surface area contributed by atoms with Crippen molar-refractivity contribution in [3.8, 4) is 10.7 Å². The van der Waals surface area contributed by atoms with Crippen molar-refractivity contribution >= 4 is 40.2 Å². The predicted molar refractivity (Wildman–Crippen MR) is 107 cm³/mol. The molecule has 0 atom stereocenters. The van der Waals surface area contributed by atoms with Gasteiger partial charge in [-0.05, 0) is 46.1 Å². The van der Waals surface area contributed by atoms with Gasteiger partial charge in [0.2, 0.25) is 5.91 Å². The Morgan fingerprint density at radius 3 is 2.81 bits per heavy atom. The van der Waals surface area contributed by atoms with Crippen molar-refractivity contribution < 1.29 is 4.79 Å². The molecular weight excluding hydrogens is 364 g/mol. The van der Waals surface area contributed by atoms with Crippen LogP contribution in [0.2, 0.25) is 0 Å². The maximum Gasteiger partial charge on any atom is 0.240 e. The summed E-state index contributed by atoms with van der Waals surface area (Å²) in [7, 11) is 0. The first kappa shape index (κ1) is 16.7. The van der Waals surface area contributed by atoms with Crippen LogP contribution in [0.4, 0.5) is 0 Å². The van der Waals surface area contributed by atoms with Gasteiger partial charge in [-0.15, -0.1) is 11.3 Å². The molecule has 0 saturated heterocycles. The van der Waals surface area contributed by atoms with Gasteiger partial charge in [0.05, 0.1) is 4.88 Å². The van der Waals surface area contributed by atoms with Crippen molar-refractivity contribution in [1.82, 2.24) is 20.1 Å². The Morgan fingerprint density at radius 2 is 2.00 bits per heavy atom. The lowest BCUT2D eigenvalue weighted by atomic mass is 10.1. The van der Waals surface area contributed by atoms with Crippen molar-refractivity contribution in [2.45, 2.75) is 13.1 Å². The fourth-order valence-corrected chi connectivity index (χ4v) is 3.73. The Balaban J connectivity index is 1.46. The van der Waals surface area contributed by atoms with Crippen LogP contribution in [0.3, 0.4) is 0 Å². The van der Waals surface area contributed by atoms with Crippen LogP contribution >= 0.6 is 23.6 Å². The first-order valence-electron chi connectivity index (χ1n) is 8.14. The van der Waals surface area contributed by atoms with Gasteiger partial charge in [-0.3, -0.25) is 14.5 Å². The van der Waals surface area contributed by atoms with Crippen molar-refractivity contribution in [3.05, 3.63) is 70.3 Å². The van der Waals surface area contributed by atoms with Crippen molar-refractivity contribution in [2.24, 2.45) is 0 Å². The number of carbonyl (C=O) groups is 1. The number of fused-ring (bicyclic) bond motifs is 1. The summed E-state index contributed by atoms with van der Waals surface area (Å²) in [4.78, 5) is 13.4. The second-order valence-electron chi connectivity index (χ2n) is 5.87. The van der Waals surface area contributed by atoms with Crippen LogP contribution in [0.15, 0.2) is 60.0 Å². The number of hydrogen-bond donors (Lipinski definition) is 2. The Kier molecular flexibility index (Phi) is 4.64. The molecule has 130 valence electrons. The maximum atomic E-state index is 12.4. The van der Waals surface area contributed by atoms with E-state index in [1.165, 1.54) is 5.39 Å². The lowest BCUT2D eigenvalue weighted by Gasteiger charge is -2.08. The zero-order valence-electron chi connectivity index (χ0n) is 13.8. The van der Waals surface area contributed by atoms with E-state index in [-0.39, 0.29) is 12.5 Å². The lowest BCUT2D eigenvalue weighted by Crippen LogP contribution is -2.27. The highest BCUT2D eigenvalue weighted by Crippen LogP contribution is 2.22.